The summed E-state index contributed by atoms with van der Waals surface area (Å²) in [5, 5.41) is 17.2. The maximum Gasteiger partial charge on any atom is 0.410 e. The summed E-state index contributed by atoms with van der Waals surface area (Å²) in [4.78, 5) is 110. The lowest BCUT2D eigenvalue weighted by Gasteiger charge is -2.25. The molecule has 21 nitrogen and oxygen atoms in total. The highest BCUT2D eigenvalue weighted by Gasteiger charge is 2.30. The monoisotopic (exact) mass is 1040 g/mol. The normalized spacial score (nSPS) is 13.0. The molecule has 1 aliphatic rings. The number of nitrogens with two attached hydrogens (primary N) is 1. The average Bonchev–Trinajstić information content (AvgIpc) is 4.17. The second-order valence-electron chi connectivity index (χ2n) is 19.0. The van der Waals surface area contributed by atoms with E-state index in [0.717, 1.165) is 32.5 Å². The van der Waals surface area contributed by atoms with Crippen LogP contribution in [-0.4, -0.2) is 106 Å². The fourth-order valence-electron chi connectivity index (χ4n) is 8.90. The zero-order valence-corrected chi connectivity index (χ0v) is 43.0. The minimum Gasteiger partial charge on any atom is -0.445 e. The molecule has 2 unspecified atom stereocenters. The molecular weight excluding hydrogens is 983 g/mol. The summed E-state index contributed by atoms with van der Waals surface area (Å²) < 4.78 is 7.67. The summed E-state index contributed by atoms with van der Waals surface area (Å²) >= 11 is 0. The number of imidazole rings is 1. The van der Waals surface area contributed by atoms with E-state index in [9.17, 15) is 33.6 Å². The van der Waals surface area contributed by atoms with Crippen molar-refractivity contribution < 1.29 is 38.3 Å². The van der Waals surface area contributed by atoms with E-state index in [1.54, 1.807) is 47.5 Å². The number of imide groups is 1. The van der Waals surface area contributed by atoms with E-state index in [1.807, 2.05) is 85.9 Å². The molecule has 0 aliphatic carbocycles. The molecular formula is C56H61N13O8. The number of fused-ring (bicyclic) bond motifs is 2. The van der Waals surface area contributed by atoms with Gasteiger partial charge in [-0.2, -0.15) is 5.10 Å². The number of hydrogen-bond acceptors (Lipinski definition) is 12. The largest absolute Gasteiger partial charge is 0.445 e. The fourth-order valence-corrected chi connectivity index (χ4v) is 8.90. The van der Waals surface area contributed by atoms with Gasteiger partial charge >= 0.3 is 12.1 Å². The number of pyridine rings is 2. The third-order valence-corrected chi connectivity index (χ3v) is 12.9. The molecule has 1 aliphatic heterocycles. The number of aryl methyl sites for hydroxylation is 1. The van der Waals surface area contributed by atoms with Crippen LogP contribution in [0.1, 0.15) is 75.0 Å². The molecule has 21 heteroatoms. The van der Waals surface area contributed by atoms with Gasteiger partial charge in [0.15, 0.2) is 5.65 Å². The second kappa shape index (κ2) is 25.3. The number of primary amides is 1. The number of unbranched alkanes of at least 4 members (excludes halogenated alkanes) is 2. The van der Waals surface area contributed by atoms with E-state index in [-0.39, 0.29) is 69.3 Å². The number of amides is 8. The van der Waals surface area contributed by atoms with Gasteiger partial charge in [0.05, 0.1) is 24.5 Å². The highest BCUT2D eigenvalue weighted by molar-refractivity contribution is 6.12. The summed E-state index contributed by atoms with van der Waals surface area (Å²) in [6.07, 6.45) is 7.30. The lowest BCUT2D eigenvalue weighted by Crippen LogP contribution is -2.54. The SMILES string of the molecule is Cc1cccc(-c2nc(CN(Cc3cccc4ccccc34)C(=O)OCc3ccc(NC(=O)C(CCCNC(N)=O)NC(=O)C(NC(=O)CCCCCN4C(=O)C=CC4=O)C(C)C)cc3)[nH]c2-c2ccc3ncnn3c2)n1. The Kier molecular flexibility index (Phi) is 17.8. The number of hydrogen-bond donors (Lipinski definition) is 6. The lowest BCUT2D eigenvalue weighted by atomic mass is 10.0. The Bertz CT molecular complexity index is 3290. The molecule has 0 fully saturated rings. The molecule has 7 N–H and O–H groups in total. The Labute approximate surface area is 444 Å². The Balaban J connectivity index is 0.926. The predicted octanol–water partition coefficient (Wildman–Crippen LogP) is 6.48. The van der Waals surface area contributed by atoms with Gasteiger partial charge < -0.3 is 36.7 Å². The number of anilines is 1. The highest BCUT2D eigenvalue weighted by Crippen LogP contribution is 2.31. The average molecular weight is 1040 g/mol. The zero-order chi connectivity index (χ0) is 54.4. The summed E-state index contributed by atoms with van der Waals surface area (Å²) in [7, 11) is 0. The molecule has 8 amide bonds. The summed E-state index contributed by atoms with van der Waals surface area (Å²) in [5.74, 6) is -2.03. The lowest BCUT2D eigenvalue weighted by molar-refractivity contribution is -0.137. The van der Waals surface area contributed by atoms with Crippen LogP contribution < -0.4 is 27.0 Å². The van der Waals surface area contributed by atoms with E-state index in [2.05, 4.69) is 36.3 Å². The van der Waals surface area contributed by atoms with Crippen LogP contribution in [0.5, 0.6) is 0 Å². The Morgan fingerprint density at radius 1 is 0.805 bits per heavy atom. The number of nitrogens with one attached hydrogen (secondary N) is 5. The minimum absolute atomic E-state index is 0.0467. The van der Waals surface area contributed by atoms with Crippen LogP contribution in [0.2, 0.25) is 0 Å². The number of H-pyrrole nitrogens is 1. The Morgan fingerprint density at radius 3 is 2.34 bits per heavy atom. The van der Waals surface area contributed by atoms with Crippen LogP contribution in [0, 0.1) is 12.8 Å². The summed E-state index contributed by atoms with van der Waals surface area (Å²) in [6.45, 7) is 5.99. The van der Waals surface area contributed by atoms with Crippen LogP contribution in [0.3, 0.4) is 0 Å². The van der Waals surface area contributed by atoms with Gasteiger partial charge in [-0.1, -0.05) is 80.9 Å². The molecule has 398 valence electrons. The number of ether oxygens (including phenoxy) is 1. The highest BCUT2D eigenvalue weighted by atomic mass is 16.6. The van der Waals surface area contributed by atoms with E-state index >= 15 is 0 Å². The first-order chi connectivity index (χ1) is 37.2. The first kappa shape index (κ1) is 54.0. The van der Waals surface area contributed by atoms with Crippen molar-refractivity contribution in [1.82, 2.24) is 55.3 Å². The van der Waals surface area contributed by atoms with Crippen molar-refractivity contribution in [2.45, 2.75) is 91.1 Å². The number of urea groups is 1. The fraction of sp³-hybridized carbons (Fsp3) is 0.304. The van der Waals surface area contributed by atoms with E-state index in [0.29, 0.717) is 65.5 Å². The zero-order valence-electron chi connectivity index (χ0n) is 43.0. The summed E-state index contributed by atoms with van der Waals surface area (Å²) in [6, 6.07) is 27.4. The minimum atomic E-state index is -1.07. The van der Waals surface area contributed by atoms with Crippen LogP contribution in [0.4, 0.5) is 15.3 Å². The molecule has 0 radical (unpaired) electrons. The number of aromatic amines is 1. The second-order valence-corrected chi connectivity index (χ2v) is 19.0. The van der Waals surface area contributed by atoms with Crippen LogP contribution in [-0.2, 0) is 48.4 Å². The number of rotatable bonds is 24. The van der Waals surface area contributed by atoms with Crippen molar-refractivity contribution in [2.75, 3.05) is 18.4 Å². The first-order valence-electron chi connectivity index (χ1n) is 25.5. The van der Waals surface area contributed by atoms with Gasteiger partial charge in [-0.25, -0.2) is 24.1 Å². The molecule has 0 saturated heterocycles. The molecule has 8 rings (SSSR count). The molecule has 77 heavy (non-hydrogen) atoms. The number of aromatic nitrogens is 6. The number of carbonyl (C=O) groups is 7. The van der Waals surface area contributed by atoms with E-state index in [1.165, 1.54) is 18.5 Å². The predicted molar refractivity (Wildman–Crippen MR) is 287 cm³/mol. The maximum atomic E-state index is 14.3. The van der Waals surface area contributed by atoms with Crippen LogP contribution >= 0.6 is 0 Å². The van der Waals surface area contributed by atoms with Gasteiger partial charge in [-0.3, -0.25) is 38.8 Å². The van der Waals surface area contributed by atoms with Gasteiger partial charge in [0, 0.05) is 54.8 Å². The third-order valence-electron chi connectivity index (χ3n) is 12.9. The van der Waals surface area contributed by atoms with Crippen molar-refractivity contribution in [3.63, 3.8) is 0 Å². The van der Waals surface area contributed by atoms with Crippen molar-refractivity contribution >= 4 is 63.8 Å². The first-order valence-corrected chi connectivity index (χ1v) is 25.5. The Morgan fingerprint density at radius 2 is 1.57 bits per heavy atom. The molecule has 7 aromatic rings. The maximum absolute atomic E-state index is 14.3. The van der Waals surface area contributed by atoms with Gasteiger partial charge in [-0.15, -0.1) is 0 Å². The smallest absolute Gasteiger partial charge is 0.410 e. The quantitative estimate of drug-likeness (QED) is 0.0280. The molecule has 4 aromatic heterocycles. The third kappa shape index (κ3) is 14.3. The standard InChI is InChI=1S/C56H61N13O8/c1-35(2)50(66-47(70)19-5-4-8-29-68-48(71)26-27-49(68)72)54(74)63-44(18-11-28-58-55(57)75)53(73)62-41-23-20-37(21-24-41)33-77-56(76)67(30-39-15-10-14-38-13-6-7-16-42(38)39)32-45-64-51(40-22-25-46-59-34-60-69(46)31-40)52(65-45)43-17-9-12-36(3)61-43/h6-7,9-10,12-17,20-27,31,34-35,44,50H,4-5,8,11,18-19,28-30,32-33H2,1-3H3,(H,62,73)(H,63,74)(H,64,65)(H,66,70)(H3,57,58,75). The number of carbonyl (C=O) groups excluding carboxylic acids is 7. The van der Waals surface area contributed by atoms with Gasteiger partial charge in [0.2, 0.25) is 17.7 Å². The van der Waals surface area contributed by atoms with E-state index in [4.69, 9.17) is 20.4 Å². The van der Waals surface area contributed by atoms with Crippen molar-refractivity contribution in [3.05, 3.63) is 144 Å². The van der Waals surface area contributed by atoms with Crippen molar-refractivity contribution in [1.29, 1.82) is 0 Å². The molecule has 3 aromatic carbocycles. The number of benzene rings is 3. The van der Waals surface area contributed by atoms with Gasteiger partial charge in [0.25, 0.3) is 11.8 Å². The van der Waals surface area contributed by atoms with Crippen LogP contribution in [0.15, 0.2) is 122 Å². The molecule has 0 saturated carbocycles. The molecule has 0 spiro atoms. The van der Waals surface area contributed by atoms with Gasteiger partial charge in [0.1, 0.15) is 36.5 Å². The topological polar surface area (TPSA) is 281 Å². The van der Waals surface area contributed by atoms with Gasteiger partial charge in [-0.05, 0) is 96.8 Å². The van der Waals surface area contributed by atoms with Crippen molar-refractivity contribution in [2.24, 2.45) is 11.7 Å². The molecule has 2 atom stereocenters. The Hall–Kier alpha value is -9.27. The summed E-state index contributed by atoms with van der Waals surface area (Å²) in [5.41, 5.74) is 11.4. The van der Waals surface area contributed by atoms with Crippen LogP contribution in [0.25, 0.3) is 39.1 Å². The molecule has 5 heterocycles. The van der Waals surface area contributed by atoms with Crippen molar-refractivity contribution in [3.8, 4) is 22.6 Å². The molecule has 0 bridgehead atoms. The van der Waals surface area contributed by atoms with E-state index < -0.39 is 36.0 Å². The number of nitrogens with zero attached hydrogens (tertiary/aromatic N) is 7.